The highest BCUT2D eigenvalue weighted by Gasteiger charge is 2.39. The van der Waals surface area contributed by atoms with Crippen LogP contribution in [0.2, 0.25) is 0 Å². The highest BCUT2D eigenvalue weighted by molar-refractivity contribution is 6.20. The number of benzene rings is 4. The van der Waals surface area contributed by atoms with Crippen molar-refractivity contribution >= 4 is 76.6 Å². The van der Waals surface area contributed by atoms with E-state index in [0.717, 1.165) is 19.3 Å². The molecule has 1 fully saturated rings. The second-order valence-corrected chi connectivity index (χ2v) is 18.9. The van der Waals surface area contributed by atoms with Crippen LogP contribution in [0.25, 0.3) is 11.0 Å². The van der Waals surface area contributed by atoms with E-state index in [1.807, 2.05) is 46.8 Å². The van der Waals surface area contributed by atoms with Crippen molar-refractivity contribution in [3.63, 3.8) is 0 Å². The van der Waals surface area contributed by atoms with Gasteiger partial charge in [0, 0.05) is 57.2 Å². The molecular weight excluding hydrogens is 1290 g/mol. The molecule has 35 heteroatoms. The van der Waals surface area contributed by atoms with Gasteiger partial charge in [-0.1, -0.05) is 76.1 Å². The summed E-state index contributed by atoms with van der Waals surface area (Å²) in [6.45, 7) is 13.3. The lowest BCUT2D eigenvalue weighted by atomic mass is 10.1. The number of imidazole rings is 1. The van der Waals surface area contributed by atoms with Crippen molar-refractivity contribution in [2.24, 2.45) is 0 Å². The SMILES string of the molecule is CCCOC(=O)ON1C(=O)c2ccccc2C1=O.CCCOC(=O)Oc1ccc([N+](=O)[O-])cc1.CCCOC(=O)n1nnc2ccccc21.CCCOCC(=O)Oc1c(F)c(F)c(F)c(F)c1F.CCCOCC(=O)n1ccnc1.CCCOCCC(=O)ON1C(=O)CCC1=O. The monoisotopic (exact) mass is 1360 g/mol. The molecular formula is C61H69F5N8O22. The summed E-state index contributed by atoms with van der Waals surface area (Å²) >= 11 is 0. The molecule has 0 unspecified atom stereocenters. The van der Waals surface area contributed by atoms with Crippen LogP contribution in [0.5, 0.6) is 11.5 Å². The van der Waals surface area contributed by atoms with Crippen LogP contribution in [0, 0.1) is 39.2 Å². The number of carbonyl (C=O) groups excluding carboxylic acids is 10. The number of amides is 4. The van der Waals surface area contributed by atoms with Gasteiger partial charge in [-0.3, -0.25) is 43.5 Å². The Kier molecular flexibility index (Phi) is 35.9. The molecule has 1 saturated heterocycles. The predicted octanol–water partition coefficient (Wildman–Crippen LogP) is 10.2. The fourth-order valence-electron chi connectivity index (χ4n) is 6.85. The molecule has 2 aliphatic heterocycles. The van der Waals surface area contributed by atoms with Gasteiger partial charge in [0.05, 0.1) is 48.9 Å². The summed E-state index contributed by atoms with van der Waals surface area (Å²) in [5.41, 5.74) is 1.72. The van der Waals surface area contributed by atoms with E-state index < -0.39 is 100 Å². The average Bonchev–Trinajstić information content (AvgIpc) is 1.52. The summed E-state index contributed by atoms with van der Waals surface area (Å²) in [6, 6.07) is 18.7. The number of ether oxygens (including phenoxy) is 8. The third kappa shape index (κ3) is 26.4. The molecule has 0 saturated carbocycles. The van der Waals surface area contributed by atoms with Gasteiger partial charge in [-0.2, -0.15) is 8.78 Å². The number of fused-ring (bicyclic) bond motifs is 2. The van der Waals surface area contributed by atoms with Gasteiger partial charge in [0.2, 0.25) is 34.8 Å². The first-order valence-electron chi connectivity index (χ1n) is 29.4. The molecule has 0 N–H and O–H groups in total. The molecule has 2 aromatic heterocycles. The second-order valence-electron chi connectivity index (χ2n) is 18.9. The van der Waals surface area contributed by atoms with Crippen molar-refractivity contribution in [1.29, 1.82) is 0 Å². The summed E-state index contributed by atoms with van der Waals surface area (Å²) in [7, 11) is 0. The molecule has 0 radical (unpaired) electrons. The maximum absolute atomic E-state index is 13.1. The Balaban J connectivity index is 0.000000302. The number of halogens is 5. The number of esters is 1. The number of nitro benzene ring substituents is 1. The van der Waals surface area contributed by atoms with Gasteiger partial charge < -0.3 is 42.7 Å². The molecule has 6 aromatic rings. The number of hydrogen-bond donors (Lipinski definition) is 0. The Bertz CT molecular complexity index is 3480. The van der Waals surface area contributed by atoms with Gasteiger partial charge in [-0.15, -0.1) is 14.8 Å². The van der Waals surface area contributed by atoms with Crippen LogP contribution >= 0.6 is 0 Å². The van der Waals surface area contributed by atoms with Crippen molar-refractivity contribution < 1.29 is 122 Å². The van der Waals surface area contributed by atoms with Crippen molar-refractivity contribution in [2.45, 2.75) is 99.3 Å². The molecule has 0 bridgehead atoms. The standard InChI is InChI=1S/C12H11NO5.C11H9F5O3.C10H11N3O2.C10H11NO5.C10H15NO5.C8H12N2O2/c1-2-7-17-12(16)18-13-10(14)8-5-3-4-6-9(8)11(13)15;1-2-3-18-4-5(17)19-11-9(15)7(13)6(12)8(14)10(11)16;1-2-7-15-10(14)13-9-6-4-3-5-8(9)11-12-13;1-2-7-15-10(12)16-9-5-3-8(4-6-9)11(13)14;1-2-6-15-7-5-10(14)16-11-8(12)3-4-9(11)13;1-2-5-12-6-8(11)10-4-3-9-7-10/h3-6H,2,7H2,1H3;2-4H2,1H3;3-6H,2,7H2,1H3;3-6H,2,7H2,1H3;2-7H2,1H3;3-4,7H,2,5-6H2,1H3. The number of non-ortho nitro benzene ring substituents is 1. The third-order valence-electron chi connectivity index (χ3n) is 11.3. The zero-order valence-corrected chi connectivity index (χ0v) is 52.8. The number of aromatic nitrogens is 5. The minimum atomic E-state index is -2.32. The van der Waals surface area contributed by atoms with E-state index in [9.17, 15) is 80.0 Å². The van der Waals surface area contributed by atoms with Crippen LogP contribution < -0.4 is 9.47 Å². The number of hydrogen-bond acceptors (Lipinski definition) is 25. The second kappa shape index (κ2) is 43.3. The number of imide groups is 2. The highest BCUT2D eigenvalue weighted by Crippen LogP contribution is 2.29. The Labute approximate surface area is 544 Å². The van der Waals surface area contributed by atoms with E-state index in [4.69, 9.17) is 23.7 Å². The molecule has 96 heavy (non-hydrogen) atoms. The van der Waals surface area contributed by atoms with E-state index in [2.05, 4.69) is 39.2 Å². The number of nitrogens with zero attached hydrogens (tertiary/aromatic N) is 8. The third-order valence-corrected chi connectivity index (χ3v) is 11.3. The molecule has 4 amide bonds. The average molecular weight is 1360 g/mol. The van der Waals surface area contributed by atoms with Crippen LogP contribution in [0.15, 0.2) is 91.5 Å². The molecule has 0 aliphatic carbocycles. The van der Waals surface area contributed by atoms with Gasteiger partial charge in [-0.05, 0) is 74.9 Å². The quantitative estimate of drug-likeness (QED) is 0.00464. The van der Waals surface area contributed by atoms with Crippen molar-refractivity contribution in [1.82, 2.24) is 34.7 Å². The summed E-state index contributed by atoms with van der Waals surface area (Å²) < 4.78 is 105. The van der Waals surface area contributed by atoms with Crippen LogP contribution in [0.4, 0.5) is 42.0 Å². The van der Waals surface area contributed by atoms with Crippen LogP contribution in [-0.2, 0) is 57.3 Å². The summed E-state index contributed by atoms with van der Waals surface area (Å²) in [5.74, 6) is -16.8. The molecule has 2 aliphatic rings. The maximum atomic E-state index is 13.1. The van der Waals surface area contributed by atoms with E-state index in [1.165, 1.54) is 52.0 Å². The number of para-hydroxylation sites is 1. The summed E-state index contributed by atoms with van der Waals surface area (Å²) in [6.07, 6.45) is 7.05. The van der Waals surface area contributed by atoms with Crippen molar-refractivity contribution in [2.75, 3.05) is 59.5 Å². The Morgan fingerprint density at radius 3 is 1.60 bits per heavy atom. The number of nitro groups is 1. The lowest BCUT2D eigenvalue weighted by molar-refractivity contribution is -0.384. The van der Waals surface area contributed by atoms with Gasteiger partial charge in [-0.25, -0.2) is 42.1 Å². The fraction of sp³-hybridized carbons (Fsp3) is 0.393. The lowest BCUT2D eigenvalue weighted by Gasteiger charge is -2.12. The van der Waals surface area contributed by atoms with Crippen molar-refractivity contribution in [3.05, 3.63) is 142 Å². The number of carbonyl (C=O) groups is 10. The van der Waals surface area contributed by atoms with E-state index >= 15 is 0 Å². The van der Waals surface area contributed by atoms with Gasteiger partial charge >= 0.3 is 30.3 Å². The van der Waals surface area contributed by atoms with Gasteiger partial charge in [0.1, 0.15) is 36.3 Å². The molecule has 0 spiro atoms. The lowest BCUT2D eigenvalue weighted by Crippen LogP contribution is -2.33. The van der Waals surface area contributed by atoms with E-state index in [1.54, 1.807) is 43.6 Å². The predicted molar refractivity (Wildman–Crippen MR) is 319 cm³/mol. The first kappa shape index (κ1) is 79.6. The van der Waals surface area contributed by atoms with Crippen LogP contribution in [-0.4, -0.2) is 159 Å². The first-order chi connectivity index (χ1) is 46.0. The highest BCUT2D eigenvalue weighted by atomic mass is 19.2. The van der Waals surface area contributed by atoms with E-state index in [0.29, 0.717) is 60.2 Å². The fourth-order valence-corrected chi connectivity index (χ4v) is 6.85. The largest absolute Gasteiger partial charge is 0.533 e. The maximum Gasteiger partial charge on any atom is 0.533 e. The topological polar surface area (TPSA) is 361 Å². The van der Waals surface area contributed by atoms with Gasteiger partial charge in [0.15, 0.2) is 0 Å². The zero-order valence-electron chi connectivity index (χ0n) is 52.8. The number of hydroxylamine groups is 4. The van der Waals surface area contributed by atoms with E-state index in [-0.39, 0.29) is 80.8 Å². The smallest absolute Gasteiger partial charge is 0.448 e. The zero-order chi connectivity index (χ0) is 71.1. The molecule has 0 atom stereocenters. The molecule has 30 nitrogen and oxygen atoms in total. The van der Waals surface area contributed by atoms with Crippen LogP contribution in [0.3, 0.4) is 0 Å². The minimum Gasteiger partial charge on any atom is -0.448 e. The van der Waals surface area contributed by atoms with Crippen molar-refractivity contribution in [3.8, 4) is 11.5 Å². The molecule has 4 aromatic carbocycles. The summed E-state index contributed by atoms with van der Waals surface area (Å²) in [5, 5.41) is 18.9. The summed E-state index contributed by atoms with van der Waals surface area (Å²) in [4.78, 5) is 136. The molecule has 8 rings (SSSR count). The molecule has 4 heterocycles. The van der Waals surface area contributed by atoms with Gasteiger partial charge in [0.25, 0.3) is 35.2 Å². The normalized spacial score (nSPS) is 11.7. The Morgan fingerprint density at radius 1 is 0.552 bits per heavy atom. The Morgan fingerprint density at radius 2 is 1.06 bits per heavy atom. The Hall–Kier alpha value is -10.7. The number of rotatable bonds is 24. The first-order valence-corrected chi connectivity index (χ1v) is 29.4. The van der Waals surface area contributed by atoms with Crippen LogP contribution in [0.1, 0.15) is 125 Å². The minimum absolute atomic E-state index is 0.0387. The molecule has 520 valence electrons.